The number of aromatic nitrogens is 2. The molecule has 1 aromatic heterocycles. The lowest BCUT2D eigenvalue weighted by Gasteiger charge is -2.39. The van der Waals surface area contributed by atoms with E-state index in [1.54, 1.807) is 12.5 Å². The van der Waals surface area contributed by atoms with Gasteiger partial charge in [-0.2, -0.15) is 0 Å². The Kier molecular flexibility index (Phi) is 5.66. The van der Waals surface area contributed by atoms with E-state index in [9.17, 15) is 4.79 Å². The molecule has 2 saturated heterocycles. The SMILES string of the molecule is CN1C(=O)CCCCC1CN1CCC(N(C)c2ccncn2)CC1. The first-order valence-electron chi connectivity index (χ1n) is 9.12. The minimum Gasteiger partial charge on any atom is -0.356 e. The lowest BCUT2D eigenvalue weighted by molar-refractivity contribution is -0.131. The number of likely N-dealkylation sites (tertiary alicyclic amines) is 2. The number of hydrogen-bond donors (Lipinski definition) is 0. The summed E-state index contributed by atoms with van der Waals surface area (Å²) in [5, 5.41) is 0. The molecule has 1 atom stereocenters. The highest BCUT2D eigenvalue weighted by Gasteiger charge is 2.28. The van der Waals surface area contributed by atoms with E-state index in [4.69, 9.17) is 0 Å². The van der Waals surface area contributed by atoms with Crippen molar-refractivity contribution >= 4 is 11.7 Å². The molecule has 24 heavy (non-hydrogen) atoms. The summed E-state index contributed by atoms with van der Waals surface area (Å²) in [4.78, 5) is 27.2. The van der Waals surface area contributed by atoms with Crippen LogP contribution in [0, 0.1) is 0 Å². The summed E-state index contributed by atoms with van der Waals surface area (Å²) in [6.45, 7) is 3.21. The second-order valence-corrected chi connectivity index (χ2v) is 7.11. The van der Waals surface area contributed by atoms with Gasteiger partial charge in [0.05, 0.1) is 0 Å². The van der Waals surface area contributed by atoms with Gasteiger partial charge in [0.2, 0.25) is 5.91 Å². The fourth-order valence-corrected chi connectivity index (χ4v) is 3.91. The second-order valence-electron chi connectivity index (χ2n) is 7.11. The molecule has 0 spiro atoms. The number of amides is 1. The van der Waals surface area contributed by atoms with Gasteiger partial charge in [-0.3, -0.25) is 4.79 Å². The third-order valence-corrected chi connectivity index (χ3v) is 5.62. The van der Waals surface area contributed by atoms with Crippen molar-refractivity contribution in [3.63, 3.8) is 0 Å². The molecule has 3 heterocycles. The van der Waals surface area contributed by atoms with Crippen LogP contribution in [0.1, 0.15) is 38.5 Å². The average Bonchev–Trinajstić information content (AvgIpc) is 2.78. The fraction of sp³-hybridized carbons (Fsp3) is 0.722. The maximum Gasteiger partial charge on any atom is 0.222 e. The molecule has 0 saturated carbocycles. The highest BCUT2D eigenvalue weighted by atomic mass is 16.2. The van der Waals surface area contributed by atoms with Gasteiger partial charge in [0.15, 0.2) is 0 Å². The van der Waals surface area contributed by atoms with Gasteiger partial charge in [0.25, 0.3) is 0 Å². The first-order valence-corrected chi connectivity index (χ1v) is 9.12. The van der Waals surface area contributed by atoms with Crippen LogP contribution in [-0.4, -0.2) is 71.5 Å². The first kappa shape index (κ1) is 17.1. The van der Waals surface area contributed by atoms with Crippen molar-refractivity contribution in [1.29, 1.82) is 0 Å². The van der Waals surface area contributed by atoms with E-state index in [0.29, 0.717) is 18.0 Å². The molecule has 0 aromatic carbocycles. The normalized spacial score (nSPS) is 24.0. The highest BCUT2D eigenvalue weighted by molar-refractivity contribution is 5.76. The summed E-state index contributed by atoms with van der Waals surface area (Å²) in [5.41, 5.74) is 0. The molecular formula is C18H29N5O. The molecule has 0 N–H and O–H groups in total. The maximum absolute atomic E-state index is 12.1. The first-order chi connectivity index (χ1) is 11.6. The Hall–Kier alpha value is -1.69. The standard InChI is InChI=1S/C18H29N5O/c1-21(17-7-10-19-14-20-17)15-8-11-23(12-9-15)13-16-5-3-4-6-18(24)22(16)2/h7,10,14-16H,3-6,8-9,11-13H2,1-2H3. The Labute approximate surface area is 144 Å². The van der Waals surface area contributed by atoms with Crippen molar-refractivity contribution in [2.24, 2.45) is 0 Å². The van der Waals surface area contributed by atoms with Crippen molar-refractivity contribution in [2.75, 3.05) is 38.6 Å². The van der Waals surface area contributed by atoms with Gasteiger partial charge in [-0.25, -0.2) is 9.97 Å². The smallest absolute Gasteiger partial charge is 0.222 e. The molecule has 2 aliphatic heterocycles. The van der Waals surface area contributed by atoms with Crippen LogP contribution in [0.3, 0.4) is 0 Å². The highest BCUT2D eigenvalue weighted by Crippen LogP contribution is 2.22. The van der Waals surface area contributed by atoms with E-state index < -0.39 is 0 Å². The minimum atomic E-state index is 0.316. The zero-order valence-electron chi connectivity index (χ0n) is 14.9. The van der Waals surface area contributed by atoms with Gasteiger partial charge in [0, 0.05) is 58.4 Å². The predicted octanol–water partition coefficient (Wildman–Crippen LogP) is 1.78. The van der Waals surface area contributed by atoms with Gasteiger partial charge >= 0.3 is 0 Å². The largest absolute Gasteiger partial charge is 0.356 e. The Bertz CT molecular complexity index is 529. The van der Waals surface area contributed by atoms with Crippen LogP contribution >= 0.6 is 0 Å². The number of carbonyl (C=O) groups excluding carboxylic acids is 1. The summed E-state index contributed by atoms with van der Waals surface area (Å²) < 4.78 is 0. The molecule has 3 rings (SSSR count). The van der Waals surface area contributed by atoms with Crippen LogP contribution in [0.4, 0.5) is 5.82 Å². The van der Waals surface area contributed by atoms with Crippen LogP contribution in [0.2, 0.25) is 0 Å². The molecule has 0 aliphatic carbocycles. The summed E-state index contributed by atoms with van der Waals surface area (Å²) in [6.07, 6.45) is 9.78. The van der Waals surface area contributed by atoms with E-state index in [0.717, 1.165) is 57.6 Å². The van der Waals surface area contributed by atoms with E-state index in [1.807, 2.05) is 18.0 Å². The average molecular weight is 331 g/mol. The van der Waals surface area contributed by atoms with E-state index in [1.165, 1.54) is 6.42 Å². The number of carbonyl (C=O) groups is 1. The van der Waals surface area contributed by atoms with Crippen LogP contribution in [0.25, 0.3) is 0 Å². The number of rotatable bonds is 4. The molecular weight excluding hydrogens is 302 g/mol. The third kappa shape index (κ3) is 4.04. The molecule has 132 valence electrons. The van der Waals surface area contributed by atoms with Crippen LogP contribution < -0.4 is 4.90 Å². The van der Waals surface area contributed by atoms with E-state index >= 15 is 0 Å². The van der Waals surface area contributed by atoms with Gasteiger partial charge in [0.1, 0.15) is 12.1 Å². The number of nitrogens with zero attached hydrogens (tertiary/aromatic N) is 5. The van der Waals surface area contributed by atoms with Crippen LogP contribution in [-0.2, 0) is 4.79 Å². The molecule has 2 fully saturated rings. The Balaban J connectivity index is 1.51. The topological polar surface area (TPSA) is 52.6 Å². The monoisotopic (exact) mass is 331 g/mol. The minimum absolute atomic E-state index is 0.316. The zero-order chi connectivity index (χ0) is 16.9. The number of anilines is 1. The lowest BCUT2D eigenvalue weighted by atomic mass is 10.0. The van der Waals surface area contributed by atoms with E-state index in [-0.39, 0.29) is 0 Å². The maximum atomic E-state index is 12.1. The number of likely N-dealkylation sites (N-methyl/N-ethyl adjacent to an activating group) is 1. The molecule has 6 heteroatoms. The summed E-state index contributed by atoms with van der Waals surface area (Å²) in [6, 6.07) is 2.89. The van der Waals surface area contributed by atoms with Crippen LogP contribution in [0.5, 0.6) is 0 Å². The number of piperidine rings is 1. The summed E-state index contributed by atoms with van der Waals surface area (Å²) >= 11 is 0. The summed E-state index contributed by atoms with van der Waals surface area (Å²) in [7, 11) is 4.11. The van der Waals surface area contributed by atoms with Crippen LogP contribution in [0.15, 0.2) is 18.6 Å². The Morgan fingerprint density at radius 1 is 1.25 bits per heavy atom. The van der Waals surface area contributed by atoms with E-state index in [2.05, 4.69) is 26.8 Å². The molecule has 6 nitrogen and oxygen atoms in total. The molecule has 2 aliphatic rings. The molecule has 0 bridgehead atoms. The molecule has 1 unspecified atom stereocenters. The van der Waals surface area contributed by atoms with Crippen molar-refractivity contribution in [3.8, 4) is 0 Å². The molecule has 1 amide bonds. The lowest BCUT2D eigenvalue weighted by Crippen LogP contribution is -2.49. The van der Waals surface area contributed by atoms with Gasteiger partial charge in [-0.15, -0.1) is 0 Å². The van der Waals surface area contributed by atoms with Gasteiger partial charge in [-0.1, -0.05) is 6.42 Å². The second kappa shape index (κ2) is 7.92. The van der Waals surface area contributed by atoms with Gasteiger partial charge < -0.3 is 14.7 Å². The van der Waals surface area contributed by atoms with Gasteiger partial charge in [-0.05, 0) is 31.7 Å². The Morgan fingerprint density at radius 3 is 2.75 bits per heavy atom. The summed E-state index contributed by atoms with van der Waals surface area (Å²) in [5.74, 6) is 1.31. The van der Waals surface area contributed by atoms with Crippen molar-refractivity contribution in [1.82, 2.24) is 19.8 Å². The third-order valence-electron chi connectivity index (χ3n) is 5.62. The Morgan fingerprint density at radius 2 is 2.04 bits per heavy atom. The predicted molar refractivity (Wildman–Crippen MR) is 94.9 cm³/mol. The fourth-order valence-electron chi connectivity index (χ4n) is 3.91. The van der Waals surface area contributed by atoms with Crippen molar-refractivity contribution < 1.29 is 4.79 Å². The number of hydrogen-bond acceptors (Lipinski definition) is 5. The van der Waals surface area contributed by atoms with Crippen molar-refractivity contribution in [3.05, 3.63) is 18.6 Å². The molecule has 0 radical (unpaired) electrons. The van der Waals surface area contributed by atoms with Crippen molar-refractivity contribution in [2.45, 2.75) is 50.6 Å². The molecule has 1 aromatic rings. The zero-order valence-corrected chi connectivity index (χ0v) is 14.9. The quantitative estimate of drug-likeness (QED) is 0.842.